The second kappa shape index (κ2) is 7.67. The van der Waals surface area contributed by atoms with Gasteiger partial charge in [0.1, 0.15) is 11.5 Å². The van der Waals surface area contributed by atoms with Crippen molar-refractivity contribution in [3.05, 3.63) is 65.7 Å². The molecule has 0 spiro atoms. The SMILES string of the molecule is CCOc1ccc(C2Nc3ccc(OC(C)CC)cc3C3C=CCC32)cc1. The predicted molar refractivity (Wildman–Crippen MR) is 111 cm³/mol. The average Bonchev–Trinajstić information content (AvgIpc) is 3.18. The molecule has 2 aromatic carbocycles. The Hall–Kier alpha value is -2.42. The third kappa shape index (κ3) is 3.55. The van der Waals surface area contributed by atoms with Crippen LogP contribution in [0.1, 0.15) is 56.7 Å². The molecule has 0 saturated heterocycles. The molecule has 27 heavy (non-hydrogen) atoms. The van der Waals surface area contributed by atoms with Gasteiger partial charge in [-0.25, -0.2) is 0 Å². The van der Waals surface area contributed by atoms with Crippen molar-refractivity contribution < 1.29 is 9.47 Å². The summed E-state index contributed by atoms with van der Waals surface area (Å²) in [5.74, 6) is 2.89. The topological polar surface area (TPSA) is 30.5 Å². The maximum atomic E-state index is 6.06. The van der Waals surface area contributed by atoms with Crippen LogP contribution in [0.2, 0.25) is 0 Å². The van der Waals surface area contributed by atoms with Gasteiger partial charge >= 0.3 is 0 Å². The highest BCUT2D eigenvalue weighted by molar-refractivity contribution is 5.61. The van der Waals surface area contributed by atoms with Crippen molar-refractivity contribution in [1.29, 1.82) is 0 Å². The fraction of sp³-hybridized carbons (Fsp3) is 0.417. The molecule has 0 fully saturated rings. The highest BCUT2D eigenvalue weighted by Gasteiger charge is 2.38. The van der Waals surface area contributed by atoms with Gasteiger partial charge in [-0.1, -0.05) is 31.2 Å². The summed E-state index contributed by atoms with van der Waals surface area (Å²) in [6, 6.07) is 15.4. The van der Waals surface area contributed by atoms with Crippen molar-refractivity contribution in [2.24, 2.45) is 5.92 Å². The van der Waals surface area contributed by atoms with E-state index in [4.69, 9.17) is 9.47 Å². The number of allylic oxidation sites excluding steroid dienone is 2. The molecule has 1 aliphatic heterocycles. The molecule has 2 aliphatic rings. The van der Waals surface area contributed by atoms with E-state index in [0.29, 0.717) is 24.5 Å². The standard InChI is InChI=1S/C24H29NO2/c1-4-16(3)27-19-13-14-23-22(15-19)20-7-6-8-21(20)24(25-23)17-9-11-18(12-10-17)26-5-2/h6-7,9-16,20-21,24-25H,4-5,8H2,1-3H3. The zero-order valence-corrected chi connectivity index (χ0v) is 16.4. The van der Waals surface area contributed by atoms with Crippen LogP contribution < -0.4 is 14.8 Å². The van der Waals surface area contributed by atoms with Crippen molar-refractivity contribution >= 4 is 5.69 Å². The molecule has 0 aromatic heterocycles. The van der Waals surface area contributed by atoms with Crippen LogP contribution in [0.5, 0.6) is 11.5 Å². The van der Waals surface area contributed by atoms with Crippen molar-refractivity contribution in [2.75, 3.05) is 11.9 Å². The number of ether oxygens (including phenoxy) is 2. The smallest absolute Gasteiger partial charge is 0.120 e. The molecule has 142 valence electrons. The van der Waals surface area contributed by atoms with Gasteiger partial charge in [-0.2, -0.15) is 0 Å². The summed E-state index contributed by atoms with van der Waals surface area (Å²) in [5.41, 5.74) is 3.90. The molecule has 4 rings (SSSR count). The Morgan fingerprint density at radius 3 is 2.59 bits per heavy atom. The van der Waals surface area contributed by atoms with E-state index in [1.807, 2.05) is 6.92 Å². The lowest BCUT2D eigenvalue weighted by molar-refractivity contribution is 0.217. The van der Waals surface area contributed by atoms with Crippen molar-refractivity contribution in [1.82, 2.24) is 0 Å². The van der Waals surface area contributed by atoms with Crippen LogP contribution in [0.4, 0.5) is 5.69 Å². The van der Waals surface area contributed by atoms with Gasteiger partial charge in [0.05, 0.1) is 18.8 Å². The van der Waals surface area contributed by atoms with Gasteiger partial charge in [-0.3, -0.25) is 0 Å². The molecule has 4 atom stereocenters. The van der Waals surface area contributed by atoms with E-state index < -0.39 is 0 Å². The number of benzene rings is 2. The Bertz CT molecular complexity index is 812. The predicted octanol–water partition coefficient (Wildman–Crippen LogP) is 6.09. The van der Waals surface area contributed by atoms with E-state index in [1.165, 1.54) is 16.8 Å². The van der Waals surface area contributed by atoms with Crippen molar-refractivity contribution in [3.8, 4) is 11.5 Å². The van der Waals surface area contributed by atoms with Crippen LogP contribution in [0.3, 0.4) is 0 Å². The Morgan fingerprint density at radius 1 is 1.07 bits per heavy atom. The van der Waals surface area contributed by atoms with Crippen LogP contribution in [-0.4, -0.2) is 12.7 Å². The number of hydrogen-bond acceptors (Lipinski definition) is 3. The normalized spacial score (nSPS) is 23.9. The molecule has 0 bridgehead atoms. The van der Waals surface area contributed by atoms with Gasteiger partial charge < -0.3 is 14.8 Å². The number of fused-ring (bicyclic) bond motifs is 3. The number of hydrogen-bond donors (Lipinski definition) is 1. The van der Waals surface area contributed by atoms with E-state index in [-0.39, 0.29) is 6.10 Å². The molecule has 0 saturated carbocycles. The summed E-state index contributed by atoms with van der Waals surface area (Å²) in [7, 11) is 0. The van der Waals surface area contributed by atoms with Crippen LogP contribution >= 0.6 is 0 Å². The molecule has 0 radical (unpaired) electrons. The van der Waals surface area contributed by atoms with Crippen LogP contribution in [0.25, 0.3) is 0 Å². The summed E-state index contributed by atoms with van der Waals surface area (Å²) in [6.07, 6.45) is 7.06. The molecule has 3 nitrogen and oxygen atoms in total. The van der Waals surface area contributed by atoms with E-state index in [0.717, 1.165) is 24.3 Å². The Balaban J connectivity index is 1.62. The van der Waals surface area contributed by atoms with Crippen LogP contribution in [-0.2, 0) is 0 Å². The minimum Gasteiger partial charge on any atom is -0.494 e. The minimum atomic E-state index is 0.242. The largest absolute Gasteiger partial charge is 0.494 e. The first-order chi connectivity index (χ1) is 13.2. The highest BCUT2D eigenvalue weighted by atomic mass is 16.5. The van der Waals surface area contributed by atoms with E-state index in [2.05, 4.69) is 73.8 Å². The molecule has 2 aromatic rings. The van der Waals surface area contributed by atoms with Crippen molar-refractivity contribution in [2.45, 2.75) is 51.7 Å². The molecule has 3 heteroatoms. The van der Waals surface area contributed by atoms with E-state index >= 15 is 0 Å². The van der Waals surface area contributed by atoms with Crippen LogP contribution in [0.15, 0.2) is 54.6 Å². The van der Waals surface area contributed by atoms with Gasteiger partial charge in [0.2, 0.25) is 0 Å². The van der Waals surface area contributed by atoms with Gasteiger partial charge in [0.25, 0.3) is 0 Å². The second-order valence-corrected chi connectivity index (χ2v) is 7.56. The quantitative estimate of drug-likeness (QED) is 0.630. The third-order valence-electron chi connectivity index (χ3n) is 5.80. The van der Waals surface area contributed by atoms with E-state index in [1.54, 1.807) is 0 Å². The molecular formula is C24H29NO2. The fourth-order valence-corrected chi connectivity index (χ4v) is 4.23. The number of anilines is 1. The second-order valence-electron chi connectivity index (χ2n) is 7.56. The van der Waals surface area contributed by atoms with E-state index in [9.17, 15) is 0 Å². The first kappa shape index (κ1) is 18.0. The Kier molecular flexibility index (Phi) is 5.11. The molecule has 1 N–H and O–H groups in total. The Labute approximate surface area is 162 Å². The van der Waals surface area contributed by atoms with Crippen LogP contribution in [0, 0.1) is 5.92 Å². The molecule has 1 aliphatic carbocycles. The zero-order valence-electron chi connectivity index (χ0n) is 16.4. The molecule has 4 unspecified atom stereocenters. The summed E-state index contributed by atoms with van der Waals surface area (Å²) in [5, 5.41) is 3.79. The minimum absolute atomic E-state index is 0.242. The van der Waals surface area contributed by atoms with Gasteiger partial charge in [0, 0.05) is 11.6 Å². The lowest BCUT2D eigenvalue weighted by Crippen LogP contribution is -2.29. The monoisotopic (exact) mass is 363 g/mol. The fourth-order valence-electron chi connectivity index (χ4n) is 4.23. The van der Waals surface area contributed by atoms with Gasteiger partial charge in [-0.05, 0) is 74.1 Å². The lowest BCUT2D eigenvalue weighted by Gasteiger charge is -2.37. The first-order valence-electron chi connectivity index (χ1n) is 10.2. The summed E-state index contributed by atoms with van der Waals surface area (Å²) in [4.78, 5) is 0. The number of rotatable bonds is 6. The number of nitrogens with one attached hydrogen (secondary N) is 1. The van der Waals surface area contributed by atoms with Crippen molar-refractivity contribution in [3.63, 3.8) is 0 Å². The molecule has 1 heterocycles. The summed E-state index contributed by atoms with van der Waals surface area (Å²) in [6.45, 7) is 6.99. The Morgan fingerprint density at radius 2 is 1.85 bits per heavy atom. The maximum absolute atomic E-state index is 6.06. The zero-order chi connectivity index (χ0) is 18.8. The first-order valence-corrected chi connectivity index (χ1v) is 10.2. The highest BCUT2D eigenvalue weighted by Crippen LogP contribution is 2.50. The van der Waals surface area contributed by atoms with Gasteiger partial charge in [-0.15, -0.1) is 0 Å². The lowest BCUT2D eigenvalue weighted by atomic mass is 9.77. The van der Waals surface area contributed by atoms with Gasteiger partial charge in [0.15, 0.2) is 0 Å². The molecule has 0 amide bonds. The maximum Gasteiger partial charge on any atom is 0.120 e. The summed E-state index contributed by atoms with van der Waals surface area (Å²) >= 11 is 0. The average molecular weight is 364 g/mol. The summed E-state index contributed by atoms with van der Waals surface area (Å²) < 4.78 is 11.7. The third-order valence-corrected chi connectivity index (χ3v) is 5.80. The molecular weight excluding hydrogens is 334 g/mol.